The Morgan fingerprint density at radius 3 is 2.86 bits per heavy atom. The minimum atomic E-state index is -0.124. The zero-order valence-electron chi connectivity index (χ0n) is 13.1. The molecule has 1 aromatic carbocycles. The molecule has 1 amide bonds. The molecule has 0 saturated carbocycles. The Balaban J connectivity index is 2.52. The summed E-state index contributed by atoms with van der Waals surface area (Å²) in [5.74, 6) is 0.642. The largest absolute Gasteiger partial charge is 0.483 e. The summed E-state index contributed by atoms with van der Waals surface area (Å²) in [6, 6.07) is 5.99. The van der Waals surface area contributed by atoms with Crippen LogP contribution in [0, 0.1) is 6.92 Å². The summed E-state index contributed by atoms with van der Waals surface area (Å²) in [7, 11) is 1.64. The van der Waals surface area contributed by atoms with Crippen molar-refractivity contribution in [2.45, 2.75) is 32.7 Å². The lowest BCUT2D eigenvalue weighted by Gasteiger charge is -2.15. The Hall–Kier alpha value is -1.59. The molecule has 0 heterocycles. The van der Waals surface area contributed by atoms with E-state index in [1.165, 1.54) is 0 Å². The van der Waals surface area contributed by atoms with Gasteiger partial charge in [0.25, 0.3) is 5.91 Å². The standard InChI is InChI=1S/C16H26N2O3/c1-12-6-4-7-14(10-13(2)17)16(12)21-11-15(19)18-8-5-9-20-3/h4,6-7,13H,5,8-11,17H2,1-3H3,(H,18,19). The van der Waals surface area contributed by atoms with Gasteiger partial charge >= 0.3 is 0 Å². The molecule has 0 radical (unpaired) electrons. The van der Waals surface area contributed by atoms with Crippen molar-refractivity contribution in [2.75, 3.05) is 26.9 Å². The van der Waals surface area contributed by atoms with Gasteiger partial charge in [-0.3, -0.25) is 4.79 Å². The van der Waals surface area contributed by atoms with E-state index in [0.717, 1.165) is 29.7 Å². The molecule has 1 atom stereocenters. The van der Waals surface area contributed by atoms with Crippen molar-refractivity contribution < 1.29 is 14.3 Å². The number of carbonyl (C=O) groups is 1. The molecule has 1 rings (SSSR count). The lowest BCUT2D eigenvalue weighted by atomic mass is 10.0. The molecule has 5 heteroatoms. The van der Waals surface area contributed by atoms with Gasteiger partial charge in [-0.05, 0) is 37.8 Å². The van der Waals surface area contributed by atoms with Crippen LogP contribution in [0.1, 0.15) is 24.5 Å². The van der Waals surface area contributed by atoms with Crippen LogP contribution >= 0.6 is 0 Å². The summed E-state index contributed by atoms with van der Waals surface area (Å²) < 4.78 is 10.6. The molecule has 0 fully saturated rings. The summed E-state index contributed by atoms with van der Waals surface area (Å²) in [5.41, 5.74) is 7.90. The number of para-hydroxylation sites is 1. The Kier molecular flexibility index (Phi) is 7.79. The molecule has 1 unspecified atom stereocenters. The van der Waals surface area contributed by atoms with Crippen LogP contribution in [0.5, 0.6) is 5.75 Å². The monoisotopic (exact) mass is 294 g/mol. The van der Waals surface area contributed by atoms with Crippen LogP contribution in [-0.2, 0) is 16.0 Å². The average Bonchev–Trinajstić information content (AvgIpc) is 2.42. The van der Waals surface area contributed by atoms with E-state index in [2.05, 4.69) is 5.32 Å². The summed E-state index contributed by atoms with van der Waals surface area (Å²) in [4.78, 5) is 11.7. The molecule has 0 aliphatic rings. The molecule has 21 heavy (non-hydrogen) atoms. The van der Waals surface area contributed by atoms with Crippen molar-refractivity contribution in [3.63, 3.8) is 0 Å². The van der Waals surface area contributed by atoms with E-state index in [9.17, 15) is 4.79 Å². The van der Waals surface area contributed by atoms with E-state index in [-0.39, 0.29) is 18.6 Å². The maximum Gasteiger partial charge on any atom is 0.257 e. The molecule has 0 aliphatic carbocycles. The van der Waals surface area contributed by atoms with E-state index in [1.54, 1.807) is 7.11 Å². The first-order chi connectivity index (χ1) is 10.0. The predicted octanol–water partition coefficient (Wildman–Crippen LogP) is 1.42. The van der Waals surface area contributed by atoms with Gasteiger partial charge in [0.15, 0.2) is 6.61 Å². The van der Waals surface area contributed by atoms with E-state index >= 15 is 0 Å². The number of nitrogens with one attached hydrogen (secondary N) is 1. The van der Waals surface area contributed by atoms with Crippen molar-refractivity contribution in [1.82, 2.24) is 5.32 Å². The topological polar surface area (TPSA) is 73.6 Å². The highest BCUT2D eigenvalue weighted by Gasteiger charge is 2.10. The number of nitrogens with two attached hydrogens (primary N) is 1. The second-order valence-electron chi connectivity index (χ2n) is 5.23. The molecular formula is C16H26N2O3. The molecule has 0 aromatic heterocycles. The number of methoxy groups -OCH3 is 1. The average molecular weight is 294 g/mol. The summed E-state index contributed by atoms with van der Waals surface area (Å²) in [5, 5.41) is 2.80. The zero-order chi connectivity index (χ0) is 15.7. The van der Waals surface area contributed by atoms with Crippen molar-refractivity contribution in [2.24, 2.45) is 5.73 Å². The predicted molar refractivity (Wildman–Crippen MR) is 83.5 cm³/mol. The lowest BCUT2D eigenvalue weighted by Crippen LogP contribution is -2.30. The Morgan fingerprint density at radius 2 is 2.19 bits per heavy atom. The van der Waals surface area contributed by atoms with Gasteiger partial charge in [0.1, 0.15) is 5.75 Å². The van der Waals surface area contributed by atoms with E-state index in [4.69, 9.17) is 15.2 Å². The van der Waals surface area contributed by atoms with Gasteiger partial charge in [0.2, 0.25) is 0 Å². The first-order valence-corrected chi connectivity index (χ1v) is 7.27. The normalized spacial score (nSPS) is 12.0. The molecule has 118 valence electrons. The molecule has 0 spiro atoms. The molecule has 0 aliphatic heterocycles. The number of aryl methyl sites for hydroxylation is 1. The third-order valence-corrected chi connectivity index (χ3v) is 3.03. The second-order valence-corrected chi connectivity index (χ2v) is 5.23. The fraction of sp³-hybridized carbons (Fsp3) is 0.562. The third-order valence-electron chi connectivity index (χ3n) is 3.03. The summed E-state index contributed by atoms with van der Waals surface area (Å²) in [6.45, 7) is 5.17. The van der Waals surface area contributed by atoms with Gasteiger partial charge in [-0.1, -0.05) is 18.2 Å². The van der Waals surface area contributed by atoms with Gasteiger partial charge in [-0.2, -0.15) is 0 Å². The van der Waals surface area contributed by atoms with E-state index in [0.29, 0.717) is 13.2 Å². The first-order valence-electron chi connectivity index (χ1n) is 7.27. The van der Waals surface area contributed by atoms with Crippen molar-refractivity contribution in [1.29, 1.82) is 0 Å². The van der Waals surface area contributed by atoms with Gasteiger partial charge in [0.05, 0.1) is 0 Å². The Labute approximate surface area is 126 Å². The van der Waals surface area contributed by atoms with Crippen LogP contribution in [-0.4, -0.2) is 38.8 Å². The van der Waals surface area contributed by atoms with Crippen molar-refractivity contribution >= 4 is 5.91 Å². The van der Waals surface area contributed by atoms with Gasteiger partial charge < -0.3 is 20.5 Å². The maximum atomic E-state index is 11.7. The second kappa shape index (κ2) is 9.37. The smallest absolute Gasteiger partial charge is 0.257 e. The summed E-state index contributed by atoms with van der Waals surface area (Å²) in [6.07, 6.45) is 1.52. The van der Waals surface area contributed by atoms with Gasteiger partial charge in [0, 0.05) is 26.3 Å². The highest BCUT2D eigenvalue weighted by Crippen LogP contribution is 2.24. The van der Waals surface area contributed by atoms with Gasteiger partial charge in [-0.15, -0.1) is 0 Å². The SMILES string of the molecule is COCCCNC(=O)COc1c(C)cccc1CC(C)N. The molecule has 1 aromatic rings. The zero-order valence-corrected chi connectivity index (χ0v) is 13.1. The Bertz CT molecular complexity index is 447. The van der Waals surface area contributed by atoms with E-state index in [1.807, 2.05) is 32.0 Å². The number of hydrogen-bond donors (Lipinski definition) is 2. The minimum absolute atomic E-state index is 0.0176. The number of carbonyl (C=O) groups excluding carboxylic acids is 1. The van der Waals surface area contributed by atoms with Crippen LogP contribution in [0.25, 0.3) is 0 Å². The van der Waals surface area contributed by atoms with Crippen LogP contribution in [0.2, 0.25) is 0 Å². The third kappa shape index (κ3) is 6.60. The quantitative estimate of drug-likeness (QED) is 0.676. The highest BCUT2D eigenvalue weighted by atomic mass is 16.5. The van der Waals surface area contributed by atoms with Crippen LogP contribution in [0.4, 0.5) is 0 Å². The first kappa shape index (κ1) is 17.5. The van der Waals surface area contributed by atoms with Crippen molar-refractivity contribution in [3.8, 4) is 5.75 Å². The molecule has 0 bridgehead atoms. The van der Waals surface area contributed by atoms with Crippen LogP contribution in [0.3, 0.4) is 0 Å². The number of hydrogen-bond acceptors (Lipinski definition) is 4. The molecule has 5 nitrogen and oxygen atoms in total. The van der Waals surface area contributed by atoms with Crippen LogP contribution in [0.15, 0.2) is 18.2 Å². The molecule has 0 saturated heterocycles. The number of amides is 1. The number of ether oxygens (including phenoxy) is 2. The molecular weight excluding hydrogens is 268 g/mol. The summed E-state index contributed by atoms with van der Waals surface area (Å²) >= 11 is 0. The van der Waals surface area contributed by atoms with E-state index < -0.39 is 0 Å². The molecule has 3 N–H and O–H groups in total. The highest BCUT2D eigenvalue weighted by molar-refractivity contribution is 5.77. The van der Waals surface area contributed by atoms with Crippen LogP contribution < -0.4 is 15.8 Å². The van der Waals surface area contributed by atoms with Gasteiger partial charge in [-0.25, -0.2) is 0 Å². The number of benzene rings is 1. The Morgan fingerprint density at radius 1 is 1.43 bits per heavy atom. The minimum Gasteiger partial charge on any atom is -0.483 e. The maximum absolute atomic E-state index is 11.7. The fourth-order valence-corrected chi connectivity index (χ4v) is 2.06. The van der Waals surface area contributed by atoms with Crippen molar-refractivity contribution in [3.05, 3.63) is 29.3 Å². The fourth-order valence-electron chi connectivity index (χ4n) is 2.06. The number of rotatable bonds is 9. The lowest BCUT2D eigenvalue weighted by molar-refractivity contribution is -0.123.